The molecule has 0 aliphatic carbocycles. The Labute approximate surface area is 115 Å². The maximum atomic E-state index is 5.76. The molecule has 3 rings (SSSR count). The summed E-state index contributed by atoms with van der Waals surface area (Å²) in [5.41, 5.74) is 5.76. The highest BCUT2D eigenvalue weighted by molar-refractivity contribution is 9.10. The van der Waals surface area contributed by atoms with Crippen molar-refractivity contribution in [2.24, 2.45) is 11.7 Å². The number of hydrogen-bond acceptors (Lipinski definition) is 3. The lowest BCUT2D eigenvalue weighted by atomic mass is 10.1. The van der Waals surface area contributed by atoms with Crippen LogP contribution in [0.1, 0.15) is 6.42 Å². The Morgan fingerprint density at radius 1 is 1.33 bits per heavy atom. The molecule has 1 saturated heterocycles. The fraction of sp³-hybridized carbons (Fsp3) is 0.357. The third-order valence-electron chi connectivity index (χ3n) is 3.65. The molecule has 1 fully saturated rings. The first-order chi connectivity index (χ1) is 8.79. The van der Waals surface area contributed by atoms with Crippen LogP contribution in [0.3, 0.4) is 0 Å². The number of anilines is 1. The van der Waals surface area contributed by atoms with Crippen molar-refractivity contribution < 1.29 is 0 Å². The summed E-state index contributed by atoms with van der Waals surface area (Å²) < 4.78 is 1.12. The number of nitrogens with two attached hydrogens (primary N) is 1. The second kappa shape index (κ2) is 4.86. The number of hydrogen-bond donors (Lipinski definition) is 1. The minimum atomic E-state index is 0.606. The molecule has 2 heterocycles. The third-order valence-corrected chi connectivity index (χ3v) is 4.34. The van der Waals surface area contributed by atoms with E-state index in [-0.39, 0.29) is 0 Å². The summed E-state index contributed by atoms with van der Waals surface area (Å²) in [7, 11) is 0. The van der Waals surface area contributed by atoms with Crippen LogP contribution in [0.5, 0.6) is 0 Å². The van der Waals surface area contributed by atoms with E-state index in [1.165, 1.54) is 17.2 Å². The zero-order valence-electron chi connectivity index (χ0n) is 10.1. The summed E-state index contributed by atoms with van der Waals surface area (Å²) in [4.78, 5) is 6.92. The lowest BCUT2D eigenvalue weighted by Gasteiger charge is -2.19. The van der Waals surface area contributed by atoms with E-state index in [1.54, 1.807) is 0 Å². The van der Waals surface area contributed by atoms with E-state index in [0.717, 1.165) is 29.9 Å². The fourth-order valence-electron chi connectivity index (χ4n) is 2.62. The van der Waals surface area contributed by atoms with E-state index in [9.17, 15) is 0 Å². The van der Waals surface area contributed by atoms with Gasteiger partial charge in [-0.2, -0.15) is 0 Å². The van der Waals surface area contributed by atoms with E-state index < -0.39 is 0 Å². The number of aromatic nitrogens is 1. The van der Waals surface area contributed by atoms with Crippen molar-refractivity contribution in [3.63, 3.8) is 0 Å². The van der Waals surface area contributed by atoms with Crippen LogP contribution in [0.2, 0.25) is 0 Å². The lowest BCUT2D eigenvalue weighted by molar-refractivity contribution is 0.602. The summed E-state index contributed by atoms with van der Waals surface area (Å²) in [6, 6.07) is 8.32. The molecule has 94 valence electrons. The Bertz CT molecular complexity index is 570. The van der Waals surface area contributed by atoms with Crippen LogP contribution >= 0.6 is 15.9 Å². The molecule has 4 heteroatoms. The van der Waals surface area contributed by atoms with E-state index in [1.807, 2.05) is 6.20 Å². The maximum Gasteiger partial charge on any atom is 0.136 e. The van der Waals surface area contributed by atoms with Gasteiger partial charge in [0.15, 0.2) is 0 Å². The predicted molar refractivity (Wildman–Crippen MR) is 78.8 cm³/mol. The van der Waals surface area contributed by atoms with Crippen LogP contribution in [-0.2, 0) is 0 Å². The SMILES string of the molecule is NCC1CCN(c2nccc3c(Br)cccc23)C1. The molecule has 1 aliphatic rings. The number of benzene rings is 1. The second-order valence-corrected chi connectivity index (χ2v) is 5.66. The molecule has 1 unspecified atom stereocenters. The molecule has 0 spiro atoms. The zero-order valence-corrected chi connectivity index (χ0v) is 11.7. The smallest absolute Gasteiger partial charge is 0.136 e. The Kier molecular flexibility index (Phi) is 3.22. The van der Waals surface area contributed by atoms with Crippen molar-refractivity contribution in [3.8, 4) is 0 Å². The fourth-order valence-corrected chi connectivity index (χ4v) is 3.12. The van der Waals surface area contributed by atoms with Crippen LogP contribution in [0.25, 0.3) is 10.8 Å². The summed E-state index contributed by atoms with van der Waals surface area (Å²) in [6.45, 7) is 2.85. The molecule has 1 aliphatic heterocycles. The average Bonchev–Trinajstić information content (AvgIpc) is 2.87. The van der Waals surface area contributed by atoms with Gasteiger partial charge >= 0.3 is 0 Å². The summed E-state index contributed by atoms with van der Waals surface area (Å²) in [5, 5.41) is 2.43. The van der Waals surface area contributed by atoms with Gasteiger partial charge in [-0.25, -0.2) is 4.98 Å². The number of halogens is 1. The average molecular weight is 306 g/mol. The number of fused-ring (bicyclic) bond motifs is 1. The summed E-state index contributed by atoms with van der Waals surface area (Å²) in [5.74, 6) is 1.69. The molecule has 0 bridgehead atoms. The maximum absolute atomic E-state index is 5.76. The second-order valence-electron chi connectivity index (χ2n) is 4.81. The molecule has 2 N–H and O–H groups in total. The van der Waals surface area contributed by atoms with Gasteiger partial charge in [-0.05, 0) is 31.0 Å². The highest BCUT2D eigenvalue weighted by atomic mass is 79.9. The van der Waals surface area contributed by atoms with Crippen molar-refractivity contribution in [1.82, 2.24) is 4.98 Å². The molecular formula is C14H16BrN3. The van der Waals surface area contributed by atoms with Gasteiger partial charge in [0.25, 0.3) is 0 Å². The van der Waals surface area contributed by atoms with Gasteiger partial charge in [-0.15, -0.1) is 0 Å². The minimum absolute atomic E-state index is 0.606. The van der Waals surface area contributed by atoms with Crippen LogP contribution in [0.15, 0.2) is 34.9 Å². The molecule has 0 amide bonds. The van der Waals surface area contributed by atoms with Crippen LogP contribution in [0.4, 0.5) is 5.82 Å². The highest BCUT2D eigenvalue weighted by Gasteiger charge is 2.23. The van der Waals surface area contributed by atoms with Gasteiger partial charge in [-0.3, -0.25) is 0 Å². The molecule has 3 nitrogen and oxygen atoms in total. The molecule has 2 aromatic rings. The molecular weight excluding hydrogens is 290 g/mol. The van der Waals surface area contributed by atoms with E-state index in [4.69, 9.17) is 5.73 Å². The largest absolute Gasteiger partial charge is 0.356 e. The van der Waals surface area contributed by atoms with Crippen molar-refractivity contribution in [2.75, 3.05) is 24.5 Å². The first-order valence-corrected chi connectivity index (χ1v) is 7.07. The van der Waals surface area contributed by atoms with Gasteiger partial charge in [0.2, 0.25) is 0 Å². The zero-order chi connectivity index (χ0) is 12.5. The van der Waals surface area contributed by atoms with E-state index in [0.29, 0.717) is 5.92 Å². The quantitative estimate of drug-likeness (QED) is 0.927. The van der Waals surface area contributed by atoms with Crippen molar-refractivity contribution >= 4 is 32.5 Å². The van der Waals surface area contributed by atoms with Gasteiger partial charge in [0, 0.05) is 34.5 Å². The molecule has 18 heavy (non-hydrogen) atoms. The van der Waals surface area contributed by atoms with Gasteiger partial charge < -0.3 is 10.6 Å². The highest BCUT2D eigenvalue weighted by Crippen LogP contribution is 2.32. The van der Waals surface area contributed by atoms with Crippen molar-refractivity contribution in [2.45, 2.75) is 6.42 Å². The summed E-state index contributed by atoms with van der Waals surface area (Å²) >= 11 is 3.60. The Morgan fingerprint density at radius 2 is 2.22 bits per heavy atom. The van der Waals surface area contributed by atoms with Gasteiger partial charge in [0.05, 0.1) is 0 Å². The first-order valence-electron chi connectivity index (χ1n) is 6.28. The Morgan fingerprint density at radius 3 is 3.00 bits per heavy atom. The van der Waals surface area contributed by atoms with Crippen molar-refractivity contribution in [3.05, 3.63) is 34.9 Å². The van der Waals surface area contributed by atoms with E-state index in [2.05, 4.69) is 50.1 Å². The molecule has 1 atom stereocenters. The minimum Gasteiger partial charge on any atom is -0.356 e. The molecule has 1 aromatic carbocycles. The third kappa shape index (κ3) is 1.99. The first kappa shape index (κ1) is 11.9. The topological polar surface area (TPSA) is 42.1 Å². The number of rotatable bonds is 2. The van der Waals surface area contributed by atoms with Crippen LogP contribution in [-0.4, -0.2) is 24.6 Å². The molecule has 0 saturated carbocycles. The Hall–Kier alpha value is -1.13. The van der Waals surface area contributed by atoms with Gasteiger partial charge in [0.1, 0.15) is 5.82 Å². The molecule has 0 radical (unpaired) electrons. The summed E-state index contributed by atoms with van der Waals surface area (Å²) in [6.07, 6.45) is 3.06. The standard InChI is InChI=1S/C14H16BrN3/c15-13-3-1-2-12-11(13)4-6-17-14(12)18-7-5-10(8-16)9-18/h1-4,6,10H,5,7-9,16H2. The van der Waals surface area contributed by atoms with Crippen LogP contribution < -0.4 is 10.6 Å². The predicted octanol–water partition coefficient (Wildman–Crippen LogP) is 2.78. The Balaban J connectivity index is 2.05. The van der Waals surface area contributed by atoms with Gasteiger partial charge in [-0.1, -0.05) is 28.1 Å². The lowest BCUT2D eigenvalue weighted by Crippen LogP contribution is -2.23. The van der Waals surface area contributed by atoms with Crippen LogP contribution in [0, 0.1) is 5.92 Å². The number of nitrogens with zero attached hydrogens (tertiary/aromatic N) is 2. The van der Waals surface area contributed by atoms with Crippen molar-refractivity contribution in [1.29, 1.82) is 0 Å². The molecule has 1 aromatic heterocycles. The normalized spacial score (nSPS) is 19.7. The number of pyridine rings is 1. The monoisotopic (exact) mass is 305 g/mol. The van der Waals surface area contributed by atoms with E-state index >= 15 is 0 Å².